The van der Waals surface area contributed by atoms with Crippen LogP contribution in [0.5, 0.6) is 0 Å². The molecule has 0 aromatic carbocycles. The fourth-order valence-corrected chi connectivity index (χ4v) is 0.657. The average molecular weight is 220 g/mol. The minimum atomic E-state index is -0.935. The van der Waals surface area contributed by atoms with Gasteiger partial charge in [0.25, 0.3) is 0 Å². The largest absolute Gasteiger partial charge is 0.358 e. The van der Waals surface area contributed by atoms with Crippen molar-refractivity contribution in [1.29, 1.82) is 0 Å². The first kappa shape index (κ1) is 13.5. The third-order valence-corrected chi connectivity index (χ3v) is 1.39. The van der Waals surface area contributed by atoms with Gasteiger partial charge in [-0.2, -0.15) is 0 Å². The number of hydrogen-bond acceptors (Lipinski definition) is 3. The Balaban J connectivity index is 3.98. The maximum Gasteiger partial charge on any atom is 0.358 e. The first-order valence-electron chi connectivity index (χ1n) is 4.31. The summed E-state index contributed by atoms with van der Waals surface area (Å²) in [7, 11) is 5.87. The maximum absolute atomic E-state index is 10.7. The zero-order chi connectivity index (χ0) is 12.1. The Morgan fingerprint density at radius 3 is 2.20 bits per heavy atom. The number of carbonyl (C=O) groups is 2. The molecule has 0 unspecified atom stereocenters. The second kappa shape index (κ2) is 5.37. The SMILES string of the molecule is C[N+](C)(C)CCON(NC(N)=O)C(N)=O. The molecule has 0 aromatic rings. The Labute approximate surface area is 88.2 Å². The molecule has 88 valence electrons. The topological polar surface area (TPSA) is 111 Å². The number of hydrogen-bond donors (Lipinski definition) is 3. The fourth-order valence-electron chi connectivity index (χ4n) is 0.657. The van der Waals surface area contributed by atoms with Gasteiger partial charge in [0.05, 0.1) is 21.1 Å². The van der Waals surface area contributed by atoms with Gasteiger partial charge in [0.15, 0.2) is 0 Å². The number of hydroxylamine groups is 1. The average Bonchev–Trinajstić information content (AvgIpc) is 1.99. The molecular weight excluding hydrogens is 202 g/mol. The normalized spacial score (nSPS) is 10.9. The summed E-state index contributed by atoms with van der Waals surface area (Å²) in [6, 6.07) is -1.85. The van der Waals surface area contributed by atoms with Crippen LogP contribution < -0.4 is 16.9 Å². The van der Waals surface area contributed by atoms with E-state index in [1.807, 2.05) is 26.6 Å². The molecule has 0 rings (SSSR count). The highest BCUT2D eigenvalue weighted by Crippen LogP contribution is 1.91. The van der Waals surface area contributed by atoms with E-state index in [4.69, 9.17) is 16.3 Å². The number of nitrogens with zero attached hydrogens (tertiary/aromatic N) is 2. The highest BCUT2D eigenvalue weighted by Gasteiger charge is 2.14. The standard InChI is InChI=1S/C7H17N5O3/c1-12(2,3)4-5-15-11(7(9)14)10-6(8)13/h4-5H2,1-3H3,(H4-,8,9,10,13,14)/p+1. The van der Waals surface area contributed by atoms with Crippen LogP contribution in [0.1, 0.15) is 0 Å². The Bertz CT molecular complexity index is 237. The number of carbonyl (C=O) groups excluding carboxylic acids is 2. The van der Waals surface area contributed by atoms with Gasteiger partial charge in [-0.1, -0.05) is 0 Å². The summed E-state index contributed by atoms with van der Waals surface area (Å²) >= 11 is 0. The van der Waals surface area contributed by atoms with E-state index in [1.165, 1.54) is 0 Å². The van der Waals surface area contributed by atoms with E-state index in [0.29, 0.717) is 16.2 Å². The van der Waals surface area contributed by atoms with Crippen molar-refractivity contribution in [3.8, 4) is 0 Å². The van der Waals surface area contributed by atoms with Gasteiger partial charge in [0.1, 0.15) is 13.2 Å². The van der Waals surface area contributed by atoms with Crippen LogP contribution in [0.15, 0.2) is 0 Å². The number of nitrogens with one attached hydrogen (secondary N) is 1. The fraction of sp³-hybridized carbons (Fsp3) is 0.714. The number of quaternary nitrogens is 1. The van der Waals surface area contributed by atoms with Crippen LogP contribution in [-0.2, 0) is 4.84 Å². The number of primary amides is 2. The Hall–Kier alpha value is -1.54. The molecular formula is C7H18N5O3+. The molecule has 0 heterocycles. The quantitative estimate of drug-likeness (QED) is 0.399. The number of amides is 4. The number of likely N-dealkylation sites (N-methyl/N-ethyl adjacent to an activating group) is 1. The van der Waals surface area contributed by atoms with E-state index in [9.17, 15) is 9.59 Å². The first-order valence-corrected chi connectivity index (χ1v) is 4.31. The lowest BCUT2D eigenvalue weighted by molar-refractivity contribution is -0.871. The lowest BCUT2D eigenvalue weighted by Gasteiger charge is -2.25. The first-order chi connectivity index (χ1) is 6.72. The molecule has 0 atom stereocenters. The van der Waals surface area contributed by atoms with Gasteiger partial charge in [-0.15, -0.1) is 5.17 Å². The van der Waals surface area contributed by atoms with Gasteiger partial charge < -0.3 is 16.0 Å². The second-order valence-electron chi connectivity index (χ2n) is 3.96. The van der Waals surface area contributed by atoms with Crippen molar-refractivity contribution >= 4 is 12.1 Å². The van der Waals surface area contributed by atoms with Crippen molar-refractivity contribution in [2.75, 3.05) is 34.3 Å². The van der Waals surface area contributed by atoms with Crippen molar-refractivity contribution in [1.82, 2.24) is 10.6 Å². The summed E-state index contributed by atoms with van der Waals surface area (Å²) in [5, 5.41) is 0.512. The lowest BCUT2D eigenvalue weighted by Crippen LogP contribution is -2.51. The molecule has 0 fully saturated rings. The van der Waals surface area contributed by atoms with E-state index < -0.39 is 12.1 Å². The van der Waals surface area contributed by atoms with Crippen molar-refractivity contribution in [2.24, 2.45) is 11.5 Å². The predicted molar refractivity (Wildman–Crippen MR) is 53.0 cm³/mol. The van der Waals surface area contributed by atoms with Gasteiger partial charge in [-0.05, 0) is 0 Å². The van der Waals surface area contributed by atoms with E-state index in [-0.39, 0.29) is 6.61 Å². The maximum atomic E-state index is 10.7. The van der Waals surface area contributed by atoms with Gasteiger partial charge in [-0.3, -0.25) is 0 Å². The smallest absolute Gasteiger partial charge is 0.350 e. The molecule has 0 spiro atoms. The molecule has 0 aliphatic heterocycles. The summed E-state index contributed by atoms with van der Waals surface area (Å²) in [6.45, 7) is 0.872. The van der Waals surface area contributed by atoms with Crippen molar-refractivity contribution < 1.29 is 18.9 Å². The van der Waals surface area contributed by atoms with E-state index in [1.54, 1.807) is 0 Å². The van der Waals surface area contributed by atoms with E-state index in [0.717, 1.165) is 0 Å². The molecule has 5 N–H and O–H groups in total. The van der Waals surface area contributed by atoms with Gasteiger partial charge in [0.2, 0.25) is 0 Å². The molecule has 0 aromatic heterocycles. The van der Waals surface area contributed by atoms with Crippen LogP contribution in [0.25, 0.3) is 0 Å². The van der Waals surface area contributed by atoms with Crippen molar-refractivity contribution in [3.05, 3.63) is 0 Å². The zero-order valence-electron chi connectivity index (χ0n) is 9.19. The van der Waals surface area contributed by atoms with E-state index >= 15 is 0 Å². The molecule has 0 aliphatic rings. The zero-order valence-corrected chi connectivity index (χ0v) is 9.19. The summed E-state index contributed by atoms with van der Waals surface area (Å²) in [4.78, 5) is 26.1. The molecule has 0 aliphatic carbocycles. The minimum Gasteiger partial charge on any atom is -0.350 e. The van der Waals surface area contributed by atoms with Crippen molar-refractivity contribution in [2.45, 2.75) is 0 Å². The highest BCUT2D eigenvalue weighted by atomic mass is 16.7. The monoisotopic (exact) mass is 220 g/mol. The molecule has 0 saturated carbocycles. The second-order valence-corrected chi connectivity index (χ2v) is 3.96. The molecule has 0 saturated heterocycles. The van der Waals surface area contributed by atoms with Crippen LogP contribution in [0.4, 0.5) is 9.59 Å². The molecule has 0 bridgehead atoms. The third-order valence-electron chi connectivity index (χ3n) is 1.39. The van der Waals surface area contributed by atoms with Crippen LogP contribution >= 0.6 is 0 Å². The number of rotatable bonds is 4. The summed E-state index contributed by atoms with van der Waals surface area (Å²) in [6.07, 6.45) is 0. The Morgan fingerprint density at radius 2 is 1.87 bits per heavy atom. The molecule has 15 heavy (non-hydrogen) atoms. The third kappa shape index (κ3) is 7.52. The number of hydrazine groups is 1. The van der Waals surface area contributed by atoms with E-state index in [2.05, 4.69) is 0 Å². The van der Waals surface area contributed by atoms with Crippen LogP contribution in [0.3, 0.4) is 0 Å². The minimum absolute atomic E-state index is 0.229. The van der Waals surface area contributed by atoms with Gasteiger partial charge in [0, 0.05) is 0 Å². The van der Waals surface area contributed by atoms with Crippen molar-refractivity contribution in [3.63, 3.8) is 0 Å². The summed E-state index contributed by atoms with van der Waals surface area (Å²) in [5.74, 6) is 0. The predicted octanol–water partition coefficient (Wildman–Crippen LogP) is -1.41. The van der Waals surface area contributed by atoms with Crippen LogP contribution in [-0.4, -0.2) is 56.0 Å². The Kier molecular flexibility index (Phi) is 4.82. The number of urea groups is 2. The highest BCUT2D eigenvalue weighted by molar-refractivity contribution is 5.77. The van der Waals surface area contributed by atoms with Crippen LogP contribution in [0, 0.1) is 0 Å². The molecule has 8 heteroatoms. The molecule has 4 amide bonds. The number of nitrogens with two attached hydrogens (primary N) is 2. The lowest BCUT2D eigenvalue weighted by atomic mass is 10.5. The summed E-state index contributed by atoms with van der Waals surface area (Å²) in [5.41, 5.74) is 11.7. The van der Waals surface area contributed by atoms with Gasteiger partial charge in [-0.25, -0.2) is 19.9 Å². The molecule has 0 radical (unpaired) electrons. The summed E-state index contributed by atoms with van der Waals surface area (Å²) < 4.78 is 0.656. The Morgan fingerprint density at radius 1 is 1.33 bits per heavy atom. The molecule has 8 nitrogen and oxygen atoms in total. The van der Waals surface area contributed by atoms with Gasteiger partial charge >= 0.3 is 12.1 Å². The van der Waals surface area contributed by atoms with Crippen LogP contribution in [0.2, 0.25) is 0 Å².